The van der Waals surface area contributed by atoms with Crippen LogP contribution in [0.15, 0.2) is 82.6 Å². The Morgan fingerprint density at radius 1 is 0.708 bits per heavy atom. The molecule has 0 fully saturated rings. The third-order valence-electron chi connectivity index (χ3n) is 3.51. The van der Waals surface area contributed by atoms with E-state index in [2.05, 4.69) is 0 Å². The second-order valence-corrected chi connectivity index (χ2v) is 7.73. The normalized spacial score (nSPS) is 11.2. The van der Waals surface area contributed by atoms with Crippen molar-refractivity contribution in [2.45, 2.75) is 16.7 Å². The van der Waals surface area contributed by atoms with Gasteiger partial charge >= 0.3 is 0 Å². The smallest absolute Gasteiger partial charge is 0.206 e. The molecule has 0 saturated carbocycles. The molecule has 0 N–H and O–H groups in total. The molecule has 3 nitrogen and oxygen atoms in total. The van der Waals surface area contributed by atoms with Crippen molar-refractivity contribution in [2.24, 2.45) is 0 Å². The van der Waals surface area contributed by atoms with Crippen LogP contribution in [0.1, 0.15) is 5.56 Å². The van der Waals surface area contributed by atoms with Gasteiger partial charge in [0.1, 0.15) is 11.5 Å². The third kappa shape index (κ3) is 3.61. The maximum atomic E-state index is 12.6. The van der Waals surface area contributed by atoms with E-state index in [1.807, 2.05) is 6.92 Å². The molecule has 122 valence electrons. The second-order valence-electron chi connectivity index (χ2n) is 5.34. The van der Waals surface area contributed by atoms with Crippen LogP contribution in [0.3, 0.4) is 0 Å². The molecule has 0 saturated heterocycles. The zero-order valence-corrected chi connectivity index (χ0v) is 14.5. The minimum absolute atomic E-state index is 0.231. The number of sulfone groups is 1. The van der Waals surface area contributed by atoms with E-state index in [4.69, 9.17) is 16.3 Å². The molecule has 3 aromatic carbocycles. The van der Waals surface area contributed by atoms with Gasteiger partial charge in [-0.15, -0.1) is 0 Å². The Labute approximate surface area is 146 Å². The molecule has 5 heteroatoms. The summed E-state index contributed by atoms with van der Waals surface area (Å²) in [6, 6.07) is 20.1. The van der Waals surface area contributed by atoms with E-state index in [-0.39, 0.29) is 9.79 Å². The number of rotatable bonds is 4. The van der Waals surface area contributed by atoms with Crippen LogP contribution in [0.2, 0.25) is 5.02 Å². The first-order valence-electron chi connectivity index (χ1n) is 7.30. The molecule has 0 aliphatic rings. The summed E-state index contributed by atoms with van der Waals surface area (Å²) in [5, 5.41) is 0.627. The molecule has 0 aliphatic carbocycles. The lowest BCUT2D eigenvalue weighted by atomic mass is 10.2. The summed E-state index contributed by atoms with van der Waals surface area (Å²) in [7, 11) is -3.52. The highest BCUT2D eigenvalue weighted by Crippen LogP contribution is 2.26. The molecule has 0 spiro atoms. The number of halogens is 1. The summed E-state index contributed by atoms with van der Waals surface area (Å²) in [6.07, 6.45) is 0. The molecule has 0 unspecified atom stereocenters. The predicted octanol–water partition coefficient (Wildman–Crippen LogP) is 5.27. The van der Waals surface area contributed by atoms with E-state index in [0.29, 0.717) is 16.5 Å². The van der Waals surface area contributed by atoms with Gasteiger partial charge in [-0.2, -0.15) is 0 Å². The summed E-state index contributed by atoms with van der Waals surface area (Å²) < 4.78 is 30.9. The van der Waals surface area contributed by atoms with Crippen LogP contribution >= 0.6 is 11.6 Å². The Balaban J connectivity index is 1.83. The van der Waals surface area contributed by atoms with Crippen molar-refractivity contribution in [1.29, 1.82) is 0 Å². The molecule has 3 rings (SSSR count). The van der Waals surface area contributed by atoms with Crippen molar-refractivity contribution in [3.05, 3.63) is 83.4 Å². The van der Waals surface area contributed by atoms with E-state index in [9.17, 15) is 8.42 Å². The fraction of sp³-hybridized carbons (Fsp3) is 0.0526. The Morgan fingerprint density at radius 2 is 1.12 bits per heavy atom. The summed E-state index contributed by atoms with van der Waals surface area (Å²) in [5.41, 5.74) is 1.01. The van der Waals surface area contributed by atoms with Gasteiger partial charge in [0.05, 0.1) is 9.79 Å². The van der Waals surface area contributed by atoms with E-state index in [1.54, 1.807) is 72.8 Å². The molecule has 0 bridgehead atoms. The molecule has 0 amide bonds. The summed E-state index contributed by atoms with van der Waals surface area (Å²) >= 11 is 5.83. The SMILES string of the molecule is Cc1ccc(S(=O)(=O)c2ccc(Oc3ccc(Cl)cc3)cc2)cc1. The maximum absolute atomic E-state index is 12.6. The monoisotopic (exact) mass is 358 g/mol. The third-order valence-corrected chi connectivity index (χ3v) is 5.55. The van der Waals surface area contributed by atoms with Gasteiger partial charge in [-0.05, 0) is 67.6 Å². The van der Waals surface area contributed by atoms with Gasteiger partial charge in [-0.3, -0.25) is 0 Å². The zero-order valence-electron chi connectivity index (χ0n) is 12.9. The Hall–Kier alpha value is -2.30. The minimum Gasteiger partial charge on any atom is -0.457 e. The van der Waals surface area contributed by atoms with E-state index in [0.717, 1.165) is 5.56 Å². The van der Waals surface area contributed by atoms with Crippen molar-refractivity contribution >= 4 is 21.4 Å². The van der Waals surface area contributed by atoms with Crippen LogP contribution in [0.5, 0.6) is 11.5 Å². The van der Waals surface area contributed by atoms with Crippen LogP contribution in [0.4, 0.5) is 0 Å². The lowest BCUT2D eigenvalue weighted by Crippen LogP contribution is -2.01. The van der Waals surface area contributed by atoms with Crippen molar-refractivity contribution in [1.82, 2.24) is 0 Å². The summed E-state index contributed by atoms with van der Waals surface area (Å²) in [4.78, 5) is 0.509. The fourth-order valence-corrected chi connectivity index (χ4v) is 3.57. The molecular formula is C19H15ClO3S. The highest BCUT2D eigenvalue weighted by Gasteiger charge is 2.17. The maximum Gasteiger partial charge on any atom is 0.206 e. The van der Waals surface area contributed by atoms with Crippen molar-refractivity contribution in [2.75, 3.05) is 0 Å². The first-order chi connectivity index (χ1) is 11.4. The van der Waals surface area contributed by atoms with Crippen molar-refractivity contribution < 1.29 is 13.2 Å². The van der Waals surface area contributed by atoms with Gasteiger partial charge in [-0.25, -0.2) is 8.42 Å². The van der Waals surface area contributed by atoms with Gasteiger partial charge in [-0.1, -0.05) is 29.3 Å². The number of benzene rings is 3. The second kappa shape index (κ2) is 6.67. The average Bonchev–Trinajstić information content (AvgIpc) is 2.58. The number of hydrogen-bond donors (Lipinski definition) is 0. The van der Waals surface area contributed by atoms with Gasteiger partial charge in [0, 0.05) is 5.02 Å². The van der Waals surface area contributed by atoms with Gasteiger partial charge in [0.2, 0.25) is 9.84 Å². The van der Waals surface area contributed by atoms with Gasteiger partial charge < -0.3 is 4.74 Å². The van der Waals surface area contributed by atoms with Gasteiger partial charge in [0.25, 0.3) is 0 Å². The van der Waals surface area contributed by atoms with Gasteiger partial charge in [0.15, 0.2) is 0 Å². The van der Waals surface area contributed by atoms with E-state index < -0.39 is 9.84 Å². The molecular weight excluding hydrogens is 344 g/mol. The Bertz CT molecular complexity index is 929. The largest absolute Gasteiger partial charge is 0.457 e. The summed E-state index contributed by atoms with van der Waals surface area (Å²) in [6.45, 7) is 1.92. The number of ether oxygens (including phenoxy) is 1. The fourth-order valence-electron chi connectivity index (χ4n) is 2.18. The highest BCUT2D eigenvalue weighted by molar-refractivity contribution is 7.91. The van der Waals surface area contributed by atoms with Crippen LogP contribution in [0.25, 0.3) is 0 Å². The predicted molar refractivity (Wildman–Crippen MR) is 94.6 cm³/mol. The minimum atomic E-state index is -3.52. The topological polar surface area (TPSA) is 43.4 Å². The average molecular weight is 359 g/mol. The lowest BCUT2D eigenvalue weighted by Gasteiger charge is -2.08. The highest BCUT2D eigenvalue weighted by atomic mass is 35.5. The van der Waals surface area contributed by atoms with Crippen molar-refractivity contribution in [3.63, 3.8) is 0 Å². The first kappa shape index (κ1) is 16.6. The van der Waals surface area contributed by atoms with E-state index in [1.165, 1.54) is 0 Å². The molecule has 24 heavy (non-hydrogen) atoms. The molecule has 0 aliphatic heterocycles. The standard InChI is InChI=1S/C19H15ClO3S/c1-14-2-10-18(11-3-14)24(21,22)19-12-8-17(9-13-19)23-16-6-4-15(20)5-7-16/h2-13H,1H3. The Morgan fingerprint density at radius 3 is 1.62 bits per heavy atom. The van der Waals surface area contributed by atoms with Crippen LogP contribution in [0, 0.1) is 6.92 Å². The van der Waals surface area contributed by atoms with E-state index >= 15 is 0 Å². The van der Waals surface area contributed by atoms with Crippen LogP contribution < -0.4 is 4.74 Å². The first-order valence-corrected chi connectivity index (χ1v) is 9.16. The molecule has 0 radical (unpaired) electrons. The quantitative estimate of drug-likeness (QED) is 0.637. The number of aryl methyl sites for hydroxylation is 1. The molecule has 0 aromatic heterocycles. The molecule has 0 atom stereocenters. The number of hydrogen-bond acceptors (Lipinski definition) is 3. The lowest BCUT2D eigenvalue weighted by molar-refractivity contribution is 0.482. The van der Waals surface area contributed by atoms with Crippen LogP contribution in [-0.2, 0) is 9.84 Å². The molecule has 3 aromatic rings. The summed E-state index contributed by atoms with van der Waals surface area (Å²) in [5.74, 6) is 1.19. The van der Waals surface area contributed by atoms with Crippen LogP contribution in [-0.4, -0.2) is 8.42 Å². The molecule has 0 heterocycles. The Kier molecular flexibility index (Phi) is 4.60. The zero-order chi connectivity index (χ0) is 17.2. The van der Waals surface area contributed by atoms with Crippen molar-refractivity contribution in [3.8, 4) is 11.5 Å².